The maximum absolute atomic E-state index is 10.8. The lowest BCUT2D eigenvalue weighted by Crippen LogP contribution is -2.24. The second kappa shape index (κ2) is 8.44. The van der Waals surface area contributed by atoms with Crippen molar-refractivity contribution in [3.8, 4) is 0 Å². The van der Waals surface area contributed by atoms with Crippen LogP contribution in [0.5, 0.6) is 0 Å². The summed E-state index contributed by atoms with van der Waals surface area (Å²) in [5.74, 6) is -0.0338. The lowest BCUT2D eigenvalue weighted by molar-refractivity contribution is -0.117. The van der Waals surface area contributed by atoms with Gasteiger partial charge < -0.3 is 10.1 Å². The summed E-state index contributed by atoms with van der Waals surface area (Å²) in [6, 6.07) is 0. The highest BCUT2D eigenvalue weighted by molar-refractivity contribution is 5.91. The van der Waals surface area contributed by atoms with E-state index in [1.165, 1.54) is 0 Å². The number of epoxide rings is 1. The Morgan fingerprint density at radius 1 is 1.60 bits per heavy atom. The van der Waals surface area contributed by atoms with Gasteiger partial charge in [-0.05, 0) is 13.3 Å². The van der Waals surface area contributed by atoms with Gasteiger partial charge in [0.05, 0.1) is 6.61 Å². The van der Waals surface area contributed by atoms with Crippen LogP contribution in [0.4, 0.5) is 0 Å². The first kappa shape index (κ1) is 14.1. The van der Waals surface area contributed by atoms with Crippen molar-refractivity contribution in [3.05, 3.63) is 12.2 Å². The maximum atomic E-state index is 10.8. The van der Waals surface area contributed by atoms with E-state index in [1.54, 1.807) is 6.92 Å². The molecule has 1 N–H and O–H groups in total. The Balaban J connectivity index is 0.000000322. The average molecular weight is 214 g/mol. The van der Waals surface area contributed by atoms with Gasteiger partial charge in [-0.1, -0.05) is 19.9 Å². The molecule has 1 radical (unpaired) electrons. The fourth-order valence-electron chi connectivity index (χ4n) is 0.694. The SMILES string of the molecule is C=C(C)C(=O)NCCCC.[O]CC1CO1. The van der Waals surface area contributed by atoms with Crippen LogP contribution in [0.3, 0.4) is 0 Å². The molecule has 0 spiro atoms. The molecule has 1 aliphatic heterocycles. The van der Waals surface area contributed by atoms with E-state index in [0.717, 1.165) is 19.4 Å². The number of rotatable bonds is 5. The van der Waals surface area contributed by atoms with Gasteiger partial charge in [-0.3, -0.25) is 4.79 Å². The number of hydrogen-bond donors (Lipinski definition) is 1. The average Bonchev–Trinajstić information content (AvgIpc) is 3.02. The standard InChI is InChI=1S/C8H15NO.C3H5O2/c1-4-5-6-9-8(10)7(2)3;4-1-3-2-5-3/h2,4-6H2,1,3H3,(H,9,10);3H,1-2H2. The molecule has 1 fully saturated rings. The van der Waals surface area contributed by atoms with Crippen LogP contribution in [0, 0.1) is 0 Å². The van der Waals surface area contributed by atoms with Gasteiger partial charge in [-0.15, -0.1) is 0 Å². The van der Waals surface area contributed by atoms with Crippen molar-refractivity contribution in [1.29, 1.82) is 0 Å². The third-order valence-electron chi connectivity index (χ3n) is 1.79. The van der Waals surface area contributed by atoms with Gasteiger partial charge in [0.1, 0.15) is 12.7 Å². The zero-order valence-electron chi connectivity index (χ0n) is 9.54. The quantitative estimate of drug-likeness (QED) is 0.426. The Morgan fingerprint density at radius 3 is 2.47 bits per heavy atom. The third kappa shape index (κ3) is 9.43. The largest absolute Gasteiger partial charge is 0.370 e. The molecule has 1 rings (SSSR count). The fraction of sp³-hybridized carbons (Fsp3) is 0.727. The highest BCUT2D eigenvalue weighted by Gasteiger charge is 2.20. The molecule has 15 heavy (non-hydrogen) atoms. The van der Waals surface area contributed by atoms with Crippen LogP contribution in [0.2, 0.25) is 0 Å². The Hall–Kier alpha value is -0.870. The van der Waals surface area contributed by atoms with E-state index in [-0.39, 0.29) is 18.6 Å². The highest BCUT2D eigenvalue weighted by Crippen LogP contribution is 2.05. The summed E-state index contributed by atoms with van der Waals surface area (Å²) >= 11 is 0. The Labute approximate surface area is 91.3 Å². The number of ether oxygens (including phenoxy) is 1. The van der Waals surface area contributed by atoms with Crippen molar-refractivity contribution in [2.45, 2.75) is 32.8 Å². The van der Waals surface area contributed by atoms with Crippen LogP contribution < -0.4 is 5.32 Å². The topological polar surface area (TPSA) is 61.5 Å². The fourth-order valence-corrected chi connectivity index (χ4v) is 0.694. The first-order valence-electron chi connectivity index (χ1n) is 5.25. The molecule has 0 aromatic heterocycles. The summed E-state index contributed by atoms with van der Waals surface area (Å²) in [7, 11) is 0. The van der Waals surface area contributed by atoms with Crippen LogP contribution in [-0.4, -0.2) is 31.8 Å². The molecule has 1 atom stereocenters. The van der Waals surface area contributed by atoms with Crippen LogP contribution in [0.15, 0.2) is 12.2 Å². The molecule has 0 aliphatic carbocycles. The van der Waals surface area contributed by atoms with Crippen molar-refractivity contribution in [1.82, 2.24) is 5.32 Å². The van der Waals surface area contributed by atoms with Crippen molar-refractivity contribution < 1.29 is 14.6 Å². The molecule has 1 saturated heterocycles. The van der Waals surface area contributed by atoms with Crippen LogP contribution in [-0.2, 0) is 14.6 Å². The van der Waals surface area contributed by atoms with Crippen molar-refractivity contribution in [2.24, 2.45) is 0 Å². The Bertz CT molecular complexity index is 200. The number of nitrogens with one attached hydrogen (secondary N) is 1. The molecule has 4 nitrogen and oxygen atoms in total. The second-order valence-corrected chi connectivity index (χ2v) is 3.51. The first-order valence-corrected chi connectivity index (χ1v) is 5.25. The van der Waals surface area contributed by atoms with E-state index in [9.17, 15) is 9.90 Å². The molecule has 0 bridgehead atoms. The van der Waals surface area contributed by atoms with Crippen molar-refractivity contribution >= 4 is 5.91 Å². The van der Waals surface area contributed by atoms with E-state index in [4.69, 9.17) is 0 Å². The number of amides is 1. The van der Waals surface area contributed by atoms with Crippen LogP contribution in [0.25, 0.3) is 0 Å². The molecule has 1 unspecified atom stereocenters. The number of carbonyl (C=O) groups excluding carboxylic acids is 1. The molecule has 0 aromatic rings. The molecular formula is C11H20NO3. The van der Waals surface area contributed by atoms with Gasteiger partial charge in [0, 0.05) is 12.1 Å². The predicted octanol–water partition coefficient (Wildman–Crippen LogP) is 1.29. The zero-order valence-corrected chi connectivity index (χ0v) is 9.54. The monoisotopic (exact) mass is 214 g/mol. The molecule has 0 aromatic carbocycles. The van der Waals surface area contributed by atoms with E-state index in [0.29, 0.717) is 12.2 Å². The van der Waals surface area contributed by atoms with Crippen LogP contribution in [0.1, 0.15) is 26.7 Å². The van der Waals surface area contributed by atoms with Gasteiger partial charge >= 0.3 is 0 Å². The zero-order chi connectivity index (χ0) is 11.7. The molecular weight excluding hydrogens is 194 g/mol. The molecule has 4 heteroatoms. The van der Waals surface area contributed by atoms with Crippen molar-refractivity contribution in [3.63, 3.8) is 0 Å². The van der Waals surface area contributed by atoms with Gasteiger partial charge in [0.25, 0.3) is 0 Å². The Morgan fingerprint density at radius 2 is 2.20 bits per heavy atom. The number of carbonyl (C=O) groups is 1. The molecule has 1 heterocycles. The summed E-state index contributed by atoms with van der Waals surface area (Å²) in [6.45, 7) is 8.73. The number of hydrogen-bond acceptors (Lipinski definition) is 2. The number of unbranched alkanes of at least 4 members (excludes halogenated alkanes) is 1. The first-order chi connectivity index (χ1) is 7.11. The molecule has 1 amide bonds. The van der Waals surface area contributed by atoms with E-state index in [1.807, 2.05) is 0 Å². The minimum Gasteiger partial charge on any atom is -0.370 e. The van der Waals surface area contributed by atoms with Gasteiger partial charge in [-0.2, -0.15) is 0 Å². The third-order valence-corrected chi connectivity index (χ3v) is 1.79. The van der Waals surface area contributed by atoms with Gasteiger partial charge in [0.2, 0.25) is 5.91 Å². The van der Waals surface area contributed by atoms with Gasteiger partial charge in [-0.25, -0.2) is 5.11 Å². The second-order valence-electron chi connectivity index (χ2n) is 3.51. The molecule has 87 valence electrons. The Kier molecular flexibility index (Phi) is 7.95. The lowest BCUT2D eigenvalue weighted by atomic mass is 10.3. The minimum absolute atomic E-state index is 0.0338. The normalized spacial score (nSPS) is 17.4. The summed E-state index contributed by atoms with van der Waals surface area (Å²) in [6.07, 6.45) is 2.23. The maximum Gasteiger partial charge on any atom is 0.246 e. The molecule has 1 aliphatic rings. The smallest absolute Gasteiger partial charge is 0.246 e. The predicted molar refractivity (Wildman–Crippen MR) is 58.0 cm³/mol. The summed E-state index contributed by atoms with van der Waals surface area (Å²) in [5, 5.41) is 12.3. The van der Waals surface area contributed by atoms with E-state index >= 15 is 0 Å². The van der Waals surface area contributed by atoms with Gasteiger partial charge in [0.15, 0.2) is 0 Å². The summed E-state index contributed by atoms with van der Waals surface area (Å²) in [5.41, 5.74) is 0.580. The van der Waals surface area contributed by atoms with E-state index < -0.39 is 0 Å². The summed E-state index contributed by atoms with van der Waals surface area (Å²) < 4.78 is 4.55. The molecule has 0 saturated carbocycles. The lowest BCUT2D eigenvalue weighted by Gasteiger charge is -2.01. The minimum atomic E-state index is -0.0556. The highest BCUT2D eigenvalue weighted by atomic mass is 16.6. The van der Waals surface area contributed by atoms with Crippen molar-refractivity contribution in [2.75, 3.05) is 19.8 Å². The summed E-state index contributed by atoms with van der Waals surface area (Å²) in [4.78, 5) is 10.8. The van der Waals surface area contributed by atoms with Crippen LogP contribution >= 0.6 is 0 Å². The van der Waals surface area contributed by atoms with E-state index in [2.05, 4.69) is 23.6 Å².